The van der Waals surface area contributed by atoms with Gasteiger partial charge in [0.2, 0.25) is 0 Å². The molecule has 1 unspecified atom stereocenters. The first-order chi connectivity index (χ1) is 7.68. The fraction of sp³-hybridized carbons (Fsp3) is 0.538. The van der Waals surface area contributed by atoms with Crippen LogP contribution in [0.4, 0.5) is 0 Å². The molecule has 1 aliphatic heterocycles. The minimum atomic E-state index is 0.162. The second-order valence-electron chi connectivity index (χ2n) is 4.86. The van der Waals surface area contributed by atoms with Gasteiger partial charge < -0.3 is 10.5 Å². The highest BCUT2D eigenvalue weighted by Crippen LogP contribution is 2.47. The van der Waals surface area contributed by atoms with Gasteiger partial charge in [0.1, 0.15) is 5.75 Å². The van der Waals surface area contributed by atoms with Gasteiger partial charge in [0, 0.05) is 22.5 Å². The molecule has 3 rings (SSSR count). The van der Waals surface area contributed by atoms with Gasteiger partial charge in [-0.1, -0.05) is 22.9 Å². The molecule has 1 heterocycles. The molecule has 0 fully saturated rings. The van der Waals surface area contributed by atoms with Crippen molar-refractivity contribution >= 4 is 15.9 Å². The molecule has 2 aliphatic rings. The molecule has 1 aromatic carbocycles. The smallest absolute Gasteiger partial charge is 0.126 e. The molecule has 0 amide bonds. The van der Waals surface area contributed by atoms with Gasteiger partial charge in [-0.3, -0.25) is 0 Å². The lowest BCUT2D eigenvalue weighted by Gasteiger charge is -2.30. The molecular formula is C13H16BrNO. The van der Waals surface area contributed by atoms with Crippen LogP contribution in [0.2, 0.25) is 0 Å². The van der Waals surface area contributed by atoms with Gasteiger partial charge in [-0.2, -0.15) is 0 Å². The summed E-state index contributed by atoms with van der Waals surface area (Å²) in [5.41, 5.74) is 10.2. The van der Waals surface area contributed by atoms with Gasteiger partial charge in [0.05, 0.1) is 6.61 Å². The lowest BCUT2D eigenvalue weighted by atomic mass is 9.80. The monoisotopic (exact) mass is 281 g/mol. The fourth-order valence-electron chi connectivity index (χ4n) is 2.92. The lowest BCUT2D eigenvalue weighted by molar-refractivity contribution is 0.346. The van der Waals surface area contributed by atoms with Gasteiger partial charge in [0.15, 0.2) is 0 Å². The number of halogens is 1. The van der Waals surface area contributed by atoms with E-state index in [2.05, 4.69) is 28.9 Å². The van der Waals surface area contributed by atoms with Crippen LogP contribution in [0, 0.1) is 0 Å². The predicted molar refractivity (Wildman–Crippen MR) is 67.9 cm³/mol. The van der Waals surface area contributed by atoms with Crippen molar-refractivity contribution in [2.24, 2.45) is 5.73 Å². The van der Waals surface area contributed by atoms with Crippen molar-refractivity contribution in [1.29, 1.82) is 0 Å². The normalized spacial score (nSPS) is 27.2. The maximum atomic E-state index is 6.22. The zero-order chi connectivity index (χ0) is 11.3. The van der Waals surface area contributed by atoms with E-state index in [1.54, 1.807) is 0 Å². The minimum Gasteiger partial charge on any atom is -0.493 e. The standard InChI is InChI=1S/C13H16BrNO/c1-7-2-3-10(15)12-9(14)6-8-4-5-16-13(8)11(7)12/h6-7,10H,2-5,15H2,1H3/t7?,10-/m1/s1. The summed E-state index contributed by atoms with van der Waals surface area (Å²) >= 11 is 3.67. The Morgan fingerprint density at radius 1 is 1.38 bits per heavy atom. The Kier molecular flexibility index (Phi) is 2.48. The van der Waals surface area contributed by atoms with Gasteiger partial charge in [-0.25, -0.2) is 0 Å². The second kappa shape index (κ2) is 3.74. The predicted octanol–water partition coefficient (Wildman–Crippen LogP) is 3.28. The molecule has 16 heavy (non-hydrogen) atoms. The summed E-state index contributed by atoms with van der Waals surface area (Å²) in [5.74, 6) is 1.69. The van der Waals surface area contributed by atoms with E-state index in [9.17, 15) is 0 Å². The molecule has 2 N–H and O–H groups in total. The van der Waals surface area contributed by atoms with Crippen molar-refractivity contribution in [2.75, 3.05) is 6.61 Å². The number of hydrogen-bond acceptors (Lipinski definition) is 2. The number of benzene rings is 1. The average molecular weight is 282 g/mol. The summed E-state index contributed by atoms with van der Waals surface area (Å²) in [6.45, 7) is 3.10. The highest BCUT2D eigenvalue weighted by atomic mass is 79.9. The summed E-state index contributed by atoms with van der Waals surface area (Å²) < 4.78 is 6.97. The Balaban J connectivity index is 2.27. The maximum absolute atomic E-state index is 6.22. The minimum absolute atomic E-state index is 0.162. The summed E-state index contributed by atoms with van der Waals surface area (Å²) in [5, 5.41) is 0. The van der Waals surface area contributed by atoms with E-state index in [-0.39, 0.29) is 6.04 Å². The van der Waals surface area contributed by atoms with Crippen LogP contribution in [0.15, 0.2) is 10.5 Å². The SMILES string of the molecule is CC1CC[C@@H](N)c2c(Br)cc3c(c21)OCC3. The van der Waals surface area contributed by atoms with E-state index < -0.39 is 0 Å². The summed E-state index contributed by atoms with van der Waals surface area (Å²) in [6.07, 6.45) is 3.27. The van der Waals surface area contributed by atoms with Crippen LogP contribution in [-0.4, -0.2) is 6.61 Å². The van der Waals surface area contributed by atoms with Crippen LogP contribution < -0.4 is 10.5 Å². The third kappa shape index (κ3) is 1.41. The molecule has 0 spiro atoms. The van der Waals surface area contributed by atoms with Gasteiger partial charge in [-0.05, 0) is 36.0 Å². The van der Waals surface area contributed by atoms with E-state index in [4.69, 9.17) is 10.5 Å². The third-order valence-electron chi connectivity index (χ3n) is 3.78. The molecule has 0 bridgehead atoms. The Hall–Kier alpha value is -0.540. The van der Waals surface area contributed by atoms with Gasteiger partial charge in [0.25, 0.3) is 0 Å². The van der Waals surface area contributed by atoms with Crippen LogP contribution in [0.1, 0.15) is 48.4 Å². The Morgan fingerprint density at radius 2 is 2.19 bits per heavy atom. The topological polar surface area (TPSA) is 35.2 Å². The first-order valence-electron chi connectivity index (χ1n) is 5.92. The van der Waals surface area contributed by atoms with Crippen LogP contribution in [-0.2, 0) is 6.42 Å². The second-order valence-corrected chi connectivity index (χ2v) is 5.71. The Bertz CT molecular complexity index is 444. The van der Waals surface area contributed by atoms with Gasteiger partial charge >= 0.3 is 0 Å². The molecule has 0 radical (unpaired) electrons. The molecule has 2 atom stereocenters. The summed E-state index contributed by atoms with van der Waals surface area (Å²) in [6, 6.07) is 2.36. The highest BCUT2D eigenvalue weighted by molar-refractivity contribution is 9.10. The maximum Gasteiger partial charge on any atom is 0.126 e. The van der Waals surface area contributed by atoms with Crippen molar-refractivity contribution in [2.45, 2.75) is 38.1 Å². The summed E-state index contributed by atoms with van der Waals surface area (Å²) in [7, 11) is 0. The number of fused-ring (bicyclic) bond motifs is 3. The lowest BCUT2D eigenvalue weighted by Crippen LogP contribution is -2.20. The fourth-order valence-corrected chi connectivity index (χ4v) is 3.71. The van der Waals surface area contributed by atoms with E-state index in [1.165, 1.54) is 27.6 Å². The zero-order valence-corrected chi connectivity index (χ0v) is 11.0. The van der Waals surface area contributed by atoms with E-state index in [0.717, 1.165) is 25.2 Å². The van der Waals surface area contributed by atoms with Crippen molar-refractivity contribution in [3.8, 4) is 5.75 Å². The van der Waals surface area contributed by atoms with E-state index in [0.29, 0.717) is 5.92 Å². The van der Waals surface area contributed by atoms with E-state index in [1.807, 2.05) is 0 Å². The first-order valence-corrected chi connectivity index (χ1v) is 6.71. The number of nitrogens with two attached hydrogens (primary N) is 1. The molecule has 0 saturated heterocycles. The van der Waals surface area contributed by atoms with Crippen molar-refractivity contribution in [3.05, 3.63) is 27.2 Å². The quantitative estimate of drug-likeness (QED) is 0.792. The molecule has 1 aromatic rings. The first kappa shape index (κ1) is 10.6. The van der Waals surface area contributed by atoms with Gasteiger partial charge in [-0.15, -0.1) is 0 Å². The third-order valence-corrected chi connectivity index (χ3v) is 4.43. The van der Waals surface area contributed by atoms with Crippen LogP contribution in [0.25, 0.3) is 0 Å². The van der Waals surface area contributed by atoms with Crippen LogP contribution in [0.5, 0.6) is 5.75 Å². The molecular weight excluding hydrogens is 266 g/mol. The zero-order valence-electron chi connectivity index (χ0n) is 9.42. The van der Waals surface area contributed by atoms with Crippen LogP contribution in [0.3, 0.4) is 0 Å². The van der Waals surface area contributed by atoms with Crippen molar-refractivity contribution in [3.63, 3.8) is 0 Å². The molecule has 86 valence electrons. The highest BCUT2D eigenvalue weighted by Gasteiger charge is 2.31. The van der Waals surface area contributed by atoms with Crippen LogP contribution >= 0.6 is 15.9 Å². The van der Waals surface area contributed by atoms with E-state index >= 15 is 0 Å². The average Bonchev–Trinajstić information content (AvgIpc) is 2.70. The molecule has 3 heteroatoms. The number of hydrogen-bond donors (Lipinski definition) is 1. The molecule has 1 aliphatic carbocycles. The number of ether oxygens (including phenoxy) is 1. The largest absolute Gasteiger partial charge is 0.493 e. The van der Waals surface area contributed by atoms with Crippen molar-refractivity contribution < 1.29 is 4.74 Å². The van der Waals surface area contributed by atoms with Crippen molar-refractivity contribution in [1.82, 2.24) is 0 Å². The molecule has 0 aromatic heterocycles. The molecule has 0 saturated carbocycles. The summed E-state index contributed by atoms with van der Waals surface area (Å²) in [4.78, 5) is 0. The Labute approximate surface area is 104 Å². The number of rotatable bonds is 0. The molecule has 2 nitrogen and oxygen atoms in total. The Morgan fingerprint density at radius 3 is 3.00 bits per heavy atom.